The van der Waals surface area contributed by atoms with Gasteiger partial charge in [-0.3, -0.25) is 4.79 Å². The third-order valence-corrected chi connectivity index (χ3v) is 7.16. The van der Waals surface area contributed by atoms with Crippen LogP contribution in [0.15, 0.2) is 44.8 Å². The van der Waals surface area contributed by atoms with E-state index in [9.17, 15) is 13.2 Å². The van der Waals surface area contributed by atoms with Gasteiger partial charge in [0.1, 0.15) is 5.76 Å². The van der Waals surface area contributed by atoms with Gasteiger partial charge in [-0.1, -0.05) is 0 Å². The number of furan rings is 1. The topological polar surface area (TPSA) is 67.6 Å². The molecular formula is C16H16BrNO4S2. The first-order valence-corrected chi connectivity index (χ1v) is 10.8. The lowest BCUT2D eigenvalue weighted by molar-refractivity contribution is -0.128. The van der Waals surface area contributed by atoms with Crippen LogP contribution in [0.25, 0.3) is 6.08 Å². The van der Waals surface area contributed by atoms with Crippen molar-refractivity contribution in [1.29, 1.82) is 0 Å². The van der Waals surface area contributed by atoms with Crippen molar-refractivity contribution in [2.45, 2.75) is 19.0 Å². The van der Waals surface area contributed by atoms with Gasteiger partial charge in [0.25, 0.3) is 0 Å². The van der Waals surface area contributed by atoms with Gasteiger partial charge >= 0.3 is 0 Å². The Morgan fingerprint density at radius 3 is 2.83 bits per heavy atom. The summed E-state index contributed by atoms with van der Waals surface area (Å²) in [5, 5.41) is 0. The SMILES string of the molecule is O=C(C=Cc1ccc(Br)s1)N(Cc1ccco1)C1CCS(=O)(=O)C1. The largest absolute Gasteiger partial charge is 0.467 e. The number of nitrogens with zero attached hydrogens (tertiary/aromatic N) is 1. The van der Waals surface area contributed by atoms with E-state index < -0.39 is 9.84 Å². The predicted octanol–water partition coefficient (Wildman–Crippen LogP) is 3.33. The average molecular weight is 430 g/mol. The smallest absolute Gasteiger partial charge is 0.247 e. The van der Waals surface area contributed by atoms with E-state index in [1.165, 1.54) is 17.4 Å². The minimum Gasteiger partial charge on any atom is -0.467 e. The van der Waals surface area contributed by atoms with Crippen LogP contribution in [0.4, 0.5) is 0 Å². The number of sulfone groups is 1. The summed E-state index contributed by atoms with van der Waals surface area (Å²) in [4.78, 5) is 15.2. The van der Waals surface area contributed by atoms with Gasteiger partial charge in [0.2, 0.25) is 5.91 Å². The molecular weight excluding hydrogens is 414 g/mol. The van der Waals surface area contributed by atoms with Crippen molar-refractivity contribution in [1.82, 2.24) is 4.90 Å². The van der Waals surface area contributed by atoms with Crippen molar-refractivity contribution in [2.75, 3.05) is 11.5 Å². The standard InChI is InChI=1S/C16H16BrNO4S2/c17-15-5-3-14(23-15)4-6-16(19)18(10-13-2-1-8-22-13)12-7-9-24(20,21)11-12/h1-6,8,12H,7,9-11H2. The number of halogens is 1. The second-order valence-electron chi connectivity index (χ2n) is 5.58. The first-order chi connectivity index (χ1) is 11.4. The number of carbonyl (C=O) groups excluding carboxylic acids is 1. The molecule has 0 saturated carbocycles. The Morgan fingerprint density at radius 2 is 2.25 bits per heavy atom. The number of rotatable bonds is 5. The number of amides is 1. The molecule has 1 atom stereocenters. The molecule has 2 aromatic rings. The molecule has 5 nitrogen and oxygen atoms in total. The van der Waals surface area contributed by atoms with Gasteiger partial charge in [0, 0.05) is 17.0 Å². The van der Waals surface area contributed by atoms with Crippen molar-refractivity contribution in [3.8, 4) is 0 Å². The summed E-state index contributed by atoms with van der Waals surface area (Å²) in [6.07, 6.45) is 5.25. The molecule has 8 heteroatoms. The highest BCUT2D eigenvalue weighted by molar-refractivity contribution is 9.11. The summed E-state index contributed by atoms with van der Waals surface area (Å²) in [6.45, 7) is 0.268. The Kier molecular flexibility index (Phi) is 5.27. The minimum absolute atomic E-state index is 0.0117. The quantitative estimate of drug-likeness (QED) is 0.683. The average Bonchev–Trinajstić information content (AvgIpc) is 3.24. The third kappa shape index (κ3) is 4.37. The van der Waals surface area contributed by atoms with E-state index in [4.69, 9.17) is 4.42 Å². The van der Waals surface area contributed by atoms with Gasteiger partial charge in [-0.25, -0.2) is 8.42 Å². The Morgan fingerprint density at radius 1 is 1.42 bits per heavy atom. The van der Waals surface area contributed by atoms with Gasteiger partial charge in [0.05, 0.1) is 28.1 Å². The van der Waals surface area contributed by atoms with Crippen LogP contribution in [-0.2, 0) is 21.2 Å². The van der Waals surface area contributed by atoms with E-state index in [1.54, 1.807) is 29.4 Å². The molecule has 1 fully saturated rings. The number of thiophene rings is 1. The van der Waals surface area contributed by atoms with Gasteiger partial charge in [-0.05, 0) is 52.7 Å². The van der Waals surface area contributed by atoms with Crippen LogP contribution >= 0.6 is 27.3 Å². The second-order valence-corrected chi connectivity index (χ2v) is 10.3. The number of carbonyl (C=O) groups is 1. The molecule has 1 aliphatic rings. The molecule has 3 rings (SSSR count). The lowest BCUT2D eigenvalue weighted by Crippen LogP contribution is -2.39. The van der Waals surface area contributed by atoms with Crippen molar-refractivity contribution < 1.29 is 17.6 Å². The van der Waals surface area contributed by atoms with E-state index in [1.807, 2.05) is 12.1 Å². The maximum Gasteiger partial charge on any atom is 0.247 e. The van der Waals surface area contributed by atoms with Crippen molar-refractivity contribution in [3.63, 3.8) is 0 Å². The maximum atomic E-state index is 12.6. The molecule has 1 saturated heterocycles. The highest BCUT2D eigenvalue weighted by atomic mass is 79.9. The first-order valence-electron chi connectivity index (χ1n) is 7.40. The van der Waals surface area contributed by atoms with E-state index in [2.05, 4.69) is 15.9 Å². The molecule has 0 aliphatic carbocycles. The van der Waals surface area contributed by atoms with E-state index in [-0.39, 0.29) is 30.0 Å². The van der Waals surface area contributed by atoms with Crippen LogP contribution in [0.1, 0.15) is 17.1 Å². The molecule has 1 unspecified atom stereocenters. The van der Waals surface area contributed by atoms with Crippen LogP contribution in [0.5, 0.6) is 0 Å². The fraction of sp³-hybridized carbons (Fsp3) is 0.312. The van der Waals surface area contributed by atoms with Gasteiger partial charge in [-0.2, -0.15) is 0 Å². The van der Waals surface area contributed by atoms with Gasteiger partial charge < -0.3 is 9.32 Å². The molecule has 0 aromatic carbocycles. The molecule has 1 aliphatic heterocycles. The molecule has 3 heterocycles. The van der Waals surface area contributed by atoms with Crippen molar-refractivity contribution in [2.24, 2.45) is 0 Å². The Hall–Kier alpha value is -1.38. The molecule has 0 N–H and O–H groups in total. The number of hydrogen-bond acceptors (Lipinski definition) is 5. The highest BCUT2D eigenvalue weighted by Crippen LogP contribution is 2.24. The normalized spacial score (nSPS) is 19.8. The Labute approximate surface area is 153 Å². The van der Waals surface area contributed by atoms with Crippen LogP contribution in [0, 0.1) is 0 Å². The molecule has 0 bridgehead atoms. The summed E-state index contributed by atoms with van der Waals surface area (Å²) in [5.41, 5.74) is 0. The first kappa shape index (κ1) is 17.4. The molecule has 128 valence electrons. The van der Waals surface area contributed by atoms with Crippen molar-refractivity contribution >= 4 is 49.1 Å². The molecule has 2 aromatic heterocycles. The zero-order chi connectivity index (χ0) is 17.2. The zero-order valence-electron chi connectivity index (χ0n) is 12.7. The fourth-order valence-corrected chi connectivity index (χ4v) is 5.70. The van der Waals surface area contributed by atoms with Crippen molar-refractivity contribution in [3.05, 3.63) is 51.0 Å². The van der Waals surface area contributed by atoms with Crippen LogP contribution in [0.3, 0.4) is 0 Å². The molecule has 0 radical (unpaired) electrons. The molecule has 0 spiro atoms. The lowest BCUT2D eigenvalue weighted by Gasteiger charge is -2.26. The summed E-state index contributed by atoms with van der Waals surface area (Å²) < 4.78 is 29.8. The summed E-state index contributed by atoms with van der Waals surface area (Å²) in [6, 6.07) is 7.05. The van der Waals surface area contributed by atoms with Crippen LogP contribution < -0.4 is 0 Å². The van der Waals surface area contributed by atoms with E-state index in [0.717, 1.165) is 8.66 Å². The lowest BCUT2D eigenvalue weighted by atomic mass is 10.2. The molecule has 1 amide bonds. The Balaban J connectivity index is 1.78. The Bertz CT molecular complexity index is 839. The summed E-state index contributed by atoms with van der Waals surface area (Å²) in [7, 11) is -3.07. The van der Waals surface area contributed by atoms with Gasteiger partial charge in [-0.15, -0.1) is 11.3 Å². The number of hydrogen-bond donors (Lipinski definition) is 0. The highest BCUT2D eigenvalue weighted by Gasteiger charge is 2.34. The van der Waals surface area contributed by atoms with E-state index in [0.29, 0.717) is 12.2 Å². The predicted molar refractivity (Wildman–Crippen MR) is 97.4 cm³/mol. The van der Waals surface area contributed by atoms with Crippen LogP contribution in [-0.4, -0.2) is 36.8 Å². The fourth-order valence-electron chi connectivity index (χ4n) is 2.65. The second kappa shape index (κ2) is 7.25. The third-order valence-electron chi connectivity index (χ3n) is 3.82. The zero-order valence-corrected chi connectivity index (χ0v) is 15.9. The maximum absolute atomic E-state index is 12.6. The molecule has 24 heavy (non-hydrogen) atoms. The van der Waals surface area contributed by atoms with Gasteiger partial charge in [0.15, 0.2) is 9.84 Å². The monoisotopic (exact) mass is 429 g/mol. The van der Waals surface area contributed by atoms with Crippen LogP contribution in [0.2, 0.25) is 0 Å². The summed E-state index contributed by atoms with van der Waals surface area (Å²) >= 11 is 4.91. The summed E-state index contributed by atoms with van der Waals surface area (Å²) in [5.74, 6) is 0.567. The van der Waals surface area contributed by atoms with E-state index >= 15 is 0 Å². The minimum atomic E-state index is -3.07.